The number of nitrogens with zero attached hydrogens (tertiary/aromatic N) is 2. The van der Waals surface area contributed by atoms with Crippen molar-refractivity contribution in [3.05, 3.63) is 42.1 Å². The maximum Gasteiger partial charge on any atom is 0.0669 e. The monoisotopic (exact) mass is 183 g/mol. The third-order valence-electron chi connectivity index (χ3n) is 2.02. The fourth-order valence-corrected chi connectivity index (χ4v) is 1.36. The van der Waals surface area contributed by atoms with Crippen molar-refractivity contribution in [1.29, 1.82) is 5.26 Å². The summed E-state index contributed by atoms with van der Waals surface area (Å²) >= 11 is 0. The SMILES string of the molecule is N#CCc1cccc(-c2ccn[nH]2)c1. The normalized spacial score (nSPS) is 9.64. The molecule has 3 heteroatoms. The molecule has 3 nitrogen and oxygen atoms in total. The summed E-state index contributed by atoms with van der Waals surface area (Å²) in [5.74, 6) is 0. The molecule has 0 aliphatic rings. The molecule has 0 bridgehead atoms. The van der Waals surface area contributed by atoms with Gasteiger partial charge in [-0.3, -0.25) is 5.10 Å². The van der Waals surface area contributed by atoms with Crippen LogP contribution in [-0.2, 0) is 6.42 Å². The summed E-state index contributed by atoms with van der Waals surface area (Å²) in [7, 11) is 0. The van der Waals surface area contributed by atoms with Crippen molar-refractivity contribution >= 4 is 0 Å². The third-order valence-corrected chi connectivity index (χ3v) is 2.02. The number of benzene rings is 1. The van der Waals surface area contributed by atoms with Crippen molar-refractivity contribution in [1.82, 2.24) is 10.2 Å². The Morgan fingerprint density at radius 1 is 1.36 bits per heavy atom. The first kappa shape index (κ1) is 8.52. The van der Waals surface area contributed by atoms with E-state index in [2.05, 4.69) is 16.3 Å². The third kappa shape index (κ3) is 1.64. The molecular weight excluding hydrogens is 174 g/mol. The molecule has 0 radical (unpaired) electrons. The second kappa shape index (κ2) is 3.75. The predicted octanol–water partition coefficient (Wildman–Crippen LogP) is 2.14. The van der Waals surface area contributed by atoms with Gasteiger partial charge in [-0.1, -0.05) is 18.2 Å². The molecule has 0 unspecified atom stereocenters. The molecular formula is C11H9N3. The molecule has 2 aromatic rings. The Morgan fingerprint density at radius 3 is 3.00 bits per heavy atom. The summed E-state index contributed by atoms with van der Waals surface area (Å²) in [4.78, 5) is 0. The highest BCUT2D eigenvalue weighted by atomic mass is 15.1. The van der Waals surface area contributed by atoms with E-state index >= 15 is 0 Å². The minimum absolute atomic E-state index is 0.446. The molecule has 1 N–H and O–H groups in total. The van der Waals surface area contributed by atoms with E-state index in [0.717, 1.165) is 16.8 Å². The minimum Gasteiger partial charge on any atom is -0.278 e. The zero-order chi connectivity index (χ0) is 9.80. The average molecular weight is 183 g/mol. The van der Waals surface area contributed by atoms with Crippen molar-refractivity contribution < 1.29 is 0 Å². The van der Waals surface area contributed by atoms with Gasteiger partial charge in [0, 0.05) is 6.20 Å². The Morgan fingerprint density at radius 2 is 2.29 bits per heavy atom. The van der Waals surface area contributed by atoms with Crippen molar-refractivity contribution in [2.75, 3.05) is 0 Å². The lowest BCUT2D eigenvalue weighted by Crippen LogP contribution is -1.83. The Hall–Kier alpha value is -2.08. The van der Waals surface area contributed by atoms with E-state index in [-0.39, 0.29) is 0 Å². The Labute approximate surface area is 82.0 Å². The van der Waals surface area contributed by atoms with E-state index in [1.807, 2.05) is 30.3 Å². The van der Waals surface area contributed by atoms with E-state index in [9.17, 15) is 0 Å². The maximum absolute atomic E-state index is 8.57. The lowest BCUT2D eigenvalue weighted by atomic mass is 10.1. The van der Waals surface area contributed by atoms with Gasteiger partial charge in [0.25, 0.3) is 0 Å². The van der Waals surface area contributed by atoms with Crippen LogP contribution in [0.4, 0.5) is 0 Å². The highest BCUT2D eigenvalue weighted by Crippen LogP contribution is 2.17. The number of aromatic amines is 1. The fourth-order valence-electron chi connectivity index (χ4n) is 1.36. The van der Waals surface area contributed by atoms with E-state index in [1.165, 1.54) is 0 Å². The minimum atomic E-state index is 0.446. The first-order chi connectivity index (χ1) is 6.90. The first-order valence-corrected chi connectivity index (χ1v) is 4.36. The maximum atomic E-state index is 8.57. The lowest BCUT2D eigenvalue weighted by molar-refractivity contribution is 1.09. The largest absolute Gasteiger partial charge is 0.278 e. The molecule has 14 heavy (non-hydrogen) atoms. The molecule has 0 atom stereocenters. The first-order valence-electron chi connectivity index (χ1n) is 4.36. The number of nitrogens with one attached hydrogen (secondary N) is 1. The van der Waals surface area contributed by atoms with Crippen molar-refractivity contribution in [2.24, 2.45) is 0 Å². The van der Waals surface area contributed by atoms with Crippen LogP contribution in [0, 0.1) is 11.3 Å². The zero-order valence-electron chi connectivity index (χ0n) is 7.57. The van der Waals surface area contributed by atoms with Gasteiger partial charge in [0.1, 0.15) is 0 Å². The van der Waals surface area contributed by atoms with Gasteiger partial charge in [-0.25, -0.2) is 0 Å². The molecule has 0 amide bonds. The smallest absolute Gasteiger partial charge is 0.0669 e. The van der Waals surface area contributed by atoms with Gasteiger partial charge in [0.05, 0.1) is 18.2 Å². The fraction of sp³-hybridized carbons (Fsp3) is 0.0909. The Bertz CT molecular complexity index is 452. The van der Waals surface area contributed by atoms with Crippen molar-refractivity contribution in [3.8, 4) is 17.3 Å². The van der Waals surface area contributed by atoms with Crippen LogP contribution in [0.5, 0.6) is 0 Å². The van der Waals surface area contributed by atoms with Crippen LogP contribution >= 0.6 is 0 Å². The molecule has 1 aromatic heterocycles. The van der Waals surface area contributed by atoms with Crippen LogP contribution in [0.25, 0.3) is 11.3 Å². The Balaban J connectivity index is 2.37. The van der Waals surface area contributed by atoms with Crippen LogP contribution < -0.4 is 0 Å². The molecule has 0 aliphatic heterocycles. The number of hydrogen-bond acceptors (Lipinski definition) is 2. The van der Waals surface area contributed by atoms with E-state index in [0.29, 0.717) is 6.42 Å². The summed E-state index contributed by atoms with van der Waals surface area (Å²) in [6.07, 6.45) is 2.16. The number of H-pyrrole nitrogens is 1. The van der Waals surface area contributed by atoms with Crippen molar-refractivity contribution in [3.63, 3.8) is 0 Å². The molecule has 0 aliphatic carbocycles. The predicted molar refractivity (Wildman–Crippen MR) is 53.3 cm³/mol. The van der Waals surface area contributed by atoms with Crippen LogP contribution in [0.2, 0.25) is 0 Å². The average Bonchev–Trinajstić information content (AvgIpc) is 2.71. The van der Waals surface area contributed by atoms with Gasteiger partial charge < -0.3 is 0 Å². The van der Waals surface area contributed by atoms with Gasteiger partial charge in [-0.2, -0.15) is 10.4 Å². The second-order valence-electron chi connectivity index (χ2n) is 3.01. The van der Waals surface area contributed by atoms with Crippen LogP contribution in [0.15, 0.2) is 36.5 Å². The molecule has 0 saturated heterocycles. The highest BCUT2D eigenvalue weighted by Gasteiger charge is 1.99. The van der Waals surface area contributed by atoms with Gasteiger partial charge in [-0.05, 0) is 23.3 Å². The molecule has 68 valence electrons. The molecule has 0 saturated carbocycles. The Kier molecular flexibility index (Phi) is 2.28. The second-order valence-corrected chi connectivity index (χ2v) is 3.01. The molecule has 2 rings (SSSR count). The summed E-state index contributed by atoms with van der Waals surface area (Å²) in [6.45, 7) is 0. The lowest BCUT2D eigenvalue weighted by Gasteiger charge is -1.99. The molecule has 1 aromatic carbocycles. The molecule has 1 heterocycles. The van der Waals surface area contributed by atoms with Gasteiger partial charge in [0.15, 0.2) is 0 Å². The van der Waals surface area contributed by atoms with Crippen molar-refractivity contribution in [2.45, 2.75) is 6.42 Å². The van der Waals surface area contributed by atoms with Crippen LogP contribution in [0.3, 0.4) is 0 Å². The summed E-state index contributed by atoms with van der Waals surface area (Å²) < 4.78 is 0. The standard InChI is InChI=1S/C11H9N3/c12-6-4-9-2-1-3-10(8-9)11-5-7-13-14-11/h1-3,5,7-8H,4H2,(H,13,14). The zero-order valence-corrected chi connectivity index (χ0v) is 7.57. The van der Waals surface area contributed by atoms with Gasteiger partial charge >= 0.3 is 0 Å². The van der Waals surface area contributed by atoms with Crippen LogP contribution in [-0.4, -0.2) is 10.2 Å². The highest BCUT2D eigenvalue weighted by molar-refractivity contribution is 5.59. The van der Waals surface area contributed by atoms with E-state index < -0.39 is 0 Å². The number of aromatic nitrogens is 2. The topological polar surface area (TPSA) is 52.5 Å². The summed E-state index contributed by atoms with van der Waals surface area (Å²) in [5.41, 5.74) is 3.07. The summed E-state index contributed by atoms with van der Waals surface area (Å²) in [6, 6.07) is 11.9. The number of rotatable bonds is 2. The number of hydrogen-bond donors (Lipinski definition) is 1. The molecule has 0 fully saturated rings. The van der Waals surface area contributed by atoms with Gasteiger partial charge in [-0.15, -0.1) is 0 Å². The summed E-state index contributed by atoms with van der Waals surface area (Å²) in [5, 5.41) is 15.3. The number of nitriles is 1. The van der Waals surface area contributed by atoms with Crippen LogP contribution in [0.1, 0.15) is 5.56 Å². The van der Waals surface area contributed by atoms with Gasteiger partial charge in [0.2, 0.25) is 0 Å². The molecule has 0 spiro atoms. The quantitative estimate of drug-likeness (QED) is 0.775. The van der Waals surface area contributed by atoms with E-state index in [1.54, 1.807) is 6.20 Å². The van der Waals surface area contributed by atoms with E-state index in [4.69, 9.17) is 5.26 Å².